The van der Waals surface area contributed by atoms with Gasteiger partial charge in [0.15, 0.2) is 11.5 Å². The predicted octanol–water partition coefficient (Wildman–Crippen LogP) is 1.51. The average Bonchev–Trinajstić information content (AvgIpc) is 2.82. The van der Waals surface area contributed by atoms with Crippen LogP contribution in [0.3, 0.4) is 0 Å². The predicted molar refractivity (Wildman–Crippen MR) is 50.7 cm³/mol. The maximum atomic E-state index is 5.45. The molecule has 0 atom stereocenters. The molecule has 1 aliphatic heterocycles. The molecule has 0 N–H and O–H groups in total. The minimum absolute atomic E-state index is 0.548. The minimum atomic E-state index is 0.548. The van der Waals surface area contributed by atoms with Crippen molar-refractivity contribution in [2.24, 2.45) is 0 Å². The highest BCUT2D eigenvalue weighted by molar-refractivity contribution is 5.60. The zero-order valence-electron chi connectivity index (χ0n) is 7.84. The topological polar surface area (TPSA) is 57.4 Å². The second-order valence-electron chi connectivity index (χ2n) is 3.11. The van der Waals surface area contributed by atoms with E-state index in [9.17, 15) is 0 Å². The van der Waals surface area contributed by atoms with Crippen molar-refractivity contribution in [3.05, 3.63) is 24.6 Å². The molecule has 0 saturated carbocycles. The molecule has 0 radical (unpaired) electrons. The molecule has 5 heteroatoms. The van der Waals surface area contributed by atoms with Crippen LogP contribution in [0.5, 0.6) is 11.5 Å². The fraction of sp³-hybridized carbons (Fsp3) is 0.200. The number of aromatic nitrogens is 2. The van der Waals surface area contributed by atoms with Gasteiger partial charge in [0.25, 0.3) is 0 Å². The van der Waals surface area contributed by atoms with Gasteiger partial charge in [0, 0.05) is 5.56 Å². The standard InChI is InChI=1S/C10H8N2O3/c1-2-8-9(14-4-3-13-8)5-7(1)10-11-6-15-12-10/h1-2,5-6H,3-4H2. The van der Waals surface area contributed by atoms with Crippen LogP contribution in [0.4, 0.5) is 0 Å². The third-order valence-electron chi connectivity index (χ3n) is 2.16. The van der Waals surface area contributed by atoms with Gasteiger partial charge in [-0.05, 0) is 18.2 Å². The first kappa shape index (κ1) is 8.28. The summed E-state index contributed by atoms with van der Waals surface area (Å²) < 4.78 is 15.5. The Kier molecular flexibility index (Phi) is 1.81. The van der Waals surface area contributed by atoms with Crippen molar-refractivity contribution in [2.75, 3.05) is 13.2 Å². The van der Waals surface area contributed by atoms with E-state index < -0.39 is 0 Å². The van der Waals surface area contributed by atoms with E-state index in [2.05, 4.69) is 14.7 Å². The summed E-state index contributed by atoms with van der Waals surface area (Å²) in [6.07, 6.45) is 1.30. The number of nitrogens with zero attached hydrogens (tertiary/aromatic N) is 2. The lowest BCUT2D eigenvalue weighted by Crippen LogP contribution is -2.15. The lowest BCUT2D eigenvalue weighted by atomic mass is 10.2. The molecule has 2 aromatic rings. The van der Waals surface area contributed by atoms with Crippen LogP contribution in [0.15, 0.2) is 29.1 Å². The van der Waals surface area contributed by atoms with Crippen molar-refractivity contribution < 1.29 is 14.0 Å². The molecule has 15 heavy (non-hydrogen) atoms. The molecule has 2 heterocycles. The van der Waals surface area contributed by atoms with Crippen LogP contribution in [-0.4, -0.2) is 23.4 Å². The van der Waals surface area contributed by atoms with Crippen LogP contribution in [-0.2, 0) is 0 Å². The van der Waals surface area contributed by atoms with Crippen LogP contribution < -0.4 is 9.47 Å². The zero-order chi connectivity index (χ0) is 10.1. The lowest BCUT2D eigenvalue weighted by Gasteiger charge is -2.18. The summed E-state index contributed by atoms with van der Waals surface area (Å²) in [7, 11) is 0. The van der Waals surface area contributed by atoms with Gasteiger partial charge in [0.05, 0.1) is 0 Å². The van der Waals surface area contributed by atoms with Crippen LogP contribution in [0.1, 0.15) is 0 Å². The van der Waals surface area contributed by atoms with E-state index >= 15 is 0 Å². The van der Waals surface area contributed by atoms with Crippen molar-refractivity contribution in [2.45, 2.75) is 0 Å². The second-order valence-corrected chi connectivity index (χ2v) is 3.11. The molecule has 0 spiro atoms. The molecule has 0 amide bonds. The van der Waals surface area contributed by atoms with E-state index in [0.717, 1.165) is 17.1 Å². The van der Waals surface area contributed by atoms with Crippen molar-refractivity contribution in [1.82, 2.24) is 10.1 Å². The molecule has 1 aliphatic rings. The van der Waals surface area contributed by atoms with Crippen LogP contribution in [0.25, 0.3) is 11.4 Å². The largest absolute Gasteiger partial charge is 0.486 e. The van der Waals surface area contributed by atoms with Crippen LogP contribution >= 0.6 is 0 Å². The summed E-state index contributed by atoms with van der Waals surface area (Å²) in [6.45, 7) is 1.16. The van der Waals surface area contributed by atoms with E-state index in [0.29, 0.717) is 19.0 Å². The van der Waals surface area contributed by atoms with Gasteiger partial charge in [-0.2, -0.15) is 4.98 Å². The van der Waals surface area contributed by atoms with E-state index in [1.54, 1.807) is 0 Å². The Bertz CT molecular complexity index is 468. The lowest BCUT2D eigenvalue weighted by molar-refractivity contribution is 0.171. The first-order chi connectivity index (χ1) is 7.43. The molecule has 3 rings (SSSR count). The first-order valence-electron chi connectivity index (χ1n) is 4.60. The molecule has 1 aromatic heterocycles. The van der Waals surface area contributed by atoms with Crippen molar-refractivity contribution >= 4 is 0 Å². The highest BCUT2D eigenvalue weighted by Crippen LogP contribution is 2.33. The van der Waals surface area contributed by atoms with Crippen molar-refractivity contribution in [1.29, 1.82) is 0 Å². The van der Waals surface area contributed by atoms with Gasteiger partial charge in [-0.3, -0.25) is 0 Å². The average molecular weight is 204 g/mol. The Morgan fingerprint density at radius 3 is 2.73 bits per heavy atom. The molecular weight excluding hydrogens is 196 g/mol. The number of benzene rings is 1. The molecule has 1 aromatic carbocycles. The third kappa shape index (κ3) is 1.41. The second kappa shape index (κ2) is 3.27. The van der Waals surface area contributed by atoms with Gasteiger partial charge >= 0.3 is 0 Å². The van der Waals surface area contributed by atoms with E-state index in [4.69, 9.17) is 9.47 Å². The number of fused-ring (bicyclic) bond motifs is 1. The van der Waals surface area contributed by atoms with E-state index in [1.165, 1.54) is 6.39 Å². The van der Waals surface area contributed by atoms with Gasteiger partial charge in [0.2, 0.25) is 12.2 Å². The third-order valence-corrected chi connectivity index (χ3v) is 2.16. The minimum Gasteiger partial charge on any atom is -0.486 e. The fourth-order valence-electron chi connectivity index (χ4n) is 1.48. The van der Waals surface area contributed by atoms with Gasteiger partial charge < -0.3 is 14.0 Å². The maximum Gasteiger partial charge on any atom is 0.214 e. The first-order valence-corrected chi connectivity index (χ1v) is 4.60. The van der Waals surface area contributed by atoms with E-state index in [1.807, 2.05) is 18.2 Å². The number of hydrogen-bond donors (Lipinski definition) is 0. The van der Waals surface area contributed by atoms with Crippen molar-refractivity contribution in [3.8, 4) is 22.9 Å². The van der Waals surface area contributed by atoms with Gasteiger partial charge in [0.1, 0.15) is 13.2 Å². The zero-order valence-corrected chi connectivity index (χ0v) is 7.84. The molecule has 0 bridgehead atoms. The van der Waals surface area contributed by atoms with Gasteiger partial charge in [-0.15, -0.1) is 0 Å². The van der Waals surface area contributed by atoms with E-state index in [-0.39, 0.29) is 0 Å². The molecule has 0 aliphatic carbocycles. The van der Waals surface area contributed by atoms with Gasteiger partial charge in [-0.1, -0.05) is 5.16 Å². The summed E-state index contributed by atoms with van der Waals surface area (Å²) in [5.41, 5.74) is 0.855. The SMILES string of the molecule is c1nc(-c2ccc3c(c2)OCCO3)no1. The monoisotopic (exact) mass is 204 g/mol. The molecular formula is C10H8N2O3. The molecule has 0 saturated heterocycles. The summed E-state index contributed by atoms with van der Waals surface area (Å²) in [4.78, 5) is 3.96. The summed E-state index contributed by atoms with van der Waals surface area (Å²) in [5, 5.41) is 3.75. The Hall–Kier alpha value is -2.04. The van der Waals surface area contributed by atoms with Crippen LogP contribution in [0, 0.1) is 0 Å². The van der Waals surface area contributed by atoms with Crippen LogP contribution in [0.2, 0.25) is 0 Å². The molecule has 5 nitrogen and oxygen atoms in total. The Labute approximate surface area is 85.6 Å². The maximum absolute atomic E-state index is 5.45. The number of ether oxygens (including phenoxy) is 2. The highest BCUT2D eigenvalue weighted by Gasteiger charge is 2.13. The fourth-order valence-corrected chi connectivity index (χ4v) is 1.48. The number of rotatable bonds is 1. The van der Waals surface area contributed by atoms with Crippen molar-refractivity contribution in [3.63, 3.8) is 0 Å². The Morgan fingerprint density at radius 2 is 1.93 bits per heavy atom. The molecule has 0 fully saturated rings. The number of hydrogen-bond acceptors (Lipinski definition) is 5. The molecule has 0 unspecified atom stereocenters. The quantitative estimate of drug-likeness (QED) is 0.704. The summed E-state index contributed by atoms with van der Waals surface area (Å²) in [5.74, 6) is 2.03. The summed E-state index contributed by atoms with van der Waals surface area (Å²) in [6, 6.07) is 5.57. The normalized spacial score (nSPS) is 13.9. The molecule has 76 valence electrons. The highest BCUT2D eigenvalue weighted by atomic mass is 16.6. The Balaban J connectivity index is 2.04. The summed E-state index contributed by atoms with van der Waals surface area (Å²) >= 11 is 0. The van der Waals surface area contributed by atoms with Gasteiger partial charge in [-0.25, -0.2) is 0 Å². The smallest absolute Gasteiger partial charge is 0.214 e. The Morgan fingerprint density at radius 1 is 1.07 bits per heavy atom.